The lowest BCUT2D eigenvalue weighted by atomic mass is 10.0. The lowest BCUT2D eigenvalue weighted by Crippen LogP contribution is -2.48. The van der Waals surface area contributed by atoms with Gasteiger partial charge in [0.25, 0.3) is 5.56 Å². The molecule has 0 radical (unpaired) electrons. The Morgan fingerprint density at radius 2 is 1.92 bits per heavy atom. The number of rotatable bonds is 2. The van der Waals surface area contributed by atoms with Crippen LogP contribution < -0.4 is 10.5 Å². The third kappa shape index (κ3) is 3.43. The maximum Gasteiger partial charge on any atom is 0.433 e. The van der Waals surface area contributed by atoms with Crippen molar-refractivity contribution in [2.75, 3.05) is 31.6 Å². The molecule has 1 fully saturated rings. The van der Waals surface area contributed by atoms with Crippen LogP contribution in [0.1, 0.15) is 17.3 Å². The summed E-state index contributed by atoms with van der Waals surface area (Å²) in [6.45, 7) is 1.77. The van der Waals surface area contributed by atoms with Gasteiger partial charge in [-0.3, -0.25) is 9.78 Å². The number of hydrogen-bond acceptors (Lipinski definition) is 4. The van der Waals surface area contributed by atoms with Crippen LogP contribution in [0, 0.1) is 0 Å². The summed E-state index contributed by atoms with van der Waals surface area (Å²) in [7, 11) is 1.95. The quantitative estimate of drug-likeness (QED) is 0.913. The van der Waals surface area contributed by atoms with Gasteiger partial charge in [0, 0.05) is 25.7 Å². The maximum atomic E-state index is 13.0. The number of H-pyrrole nitrogens is 1. The molecule has 1 N–H and O–H groups in total. The number of benzene rings is 1. The van der Waals surface area contributed by atoms with Crippen molar-refractivity contribution in [3.8, 4) is 0 Å². The molecular weight excluding hydrogens is 321 g/mol. The summed E-state index contributed by atoms with van der Waals surface area (Å²) in [6.07, 6.45) is -4.65. The highest BCUT2D eigenvalue weighted by Crippen LogP contribution is 2.31. The molecule has 3 rings (SSSR count). The van der Waals surface area contributed by atoms with Gasteiger partial charge in [-0.25, -0.2) is 4.98 Å². The van der Waals surface area contributed by atoms with Gasteiger partial charge < -0.3 is 9.80 Å². The molecule has 1 atom stereocenters. The highest BCUT2D eigenvalue weighted by molar-refractivity contribution is 5.38. The van der Waals surface area contributed by atoms with E-state index in [-0.39, 0.29) is 12.0 Å². The first kappa shape index (κ1) is 16.5. The average Bonchev–Trinajstić information content (AvgIpc) is 2.54. The van der Waals surface area contributed by atoms with E-state index in [9.17, 15) is 18.0 Å². The monoisotopic (exact) mass is 338 g/mol. The van der Waals surface area contributed by atoms with Crippen molar-refractivity contribution in [1.29, 1.82) is 0 Å². The first-order valence-corrected chi connectivity index (χ1v) is 7.53. The van der Waals surface area contributed by atoms with E-state index in [1.54, 1.807) is 4.90 Å². The zero-order chi connectivity index (χ0) is 17.3. The van der Waals surface area contributed by atoms with Gasteiger partial charge in [0.2, 0.25) is 5.95 Å². The van der Waals surface area contributed by atoms with Crippen LogP contribution in [0.5, 0.6) is 0 Å². The minimum absolute atomic E-state index is 0.0446. The van der Waals surface area contributed by atoms with Crippen LogP contribution >= 0.6 is 0 Å². The molecular formula is C16H17F3N4O. The minimum atomic E-state index is -4.65. The predicted octanol–water partition coefficient (Wildman–Crippen LogP) is 2.28. The molecule has 0 saturated carbocycles. The number of halogens is 3. The second-order valence-corrected chi connectivity index (χ2v) is 5.83. The number of aromatic nitrogens is 2. The number of anilines is 1. The van der Waals surface area contributed by atoms with Gasteiger partial charge in [0.1, 0.15) is 0 Å². The Bertz CT molecular complexity index is 760. The van der Waals surface area contributed by atoms with Gasteiger partial charge in [-0.05, 0) is 12.6 Å². The molecule has 0 amide bonds. The Morgan fingerprint density at radius 3 is 2.58 bits per heavy atom. The van der Waals surface area contributed by atoms with Gasteiger partial charge in [0.15, 0.2) is 5.69 Å². The summed E-state index contributed by atoms with van der Waals surface area (Å²) < 4.78 is 38.9. The summed E-state index contributed by atoms with van der Waals surface area (Å²) in [6, 6.07) is 9.78. The van der Waals surface area contributed by atoms with Gasteiger partial charge >= 0.3 is 6.18 Å². The van der Waals surface area contributed by atoms with E-state index in [1.165, 1.54) is 0 Å². The summed E-state index contributed by atoms with van der Waals surface area (Å²) in [5, 5.41) is 0. The molecule has 128 valence electrons. The molecule has 1 saturated heterocycles. The first-order valence-electron chi connectivity index (χ1n) is 7.53. The van der Waals surface area contributed by atoms with Crippen LogP contribution in [0.4, 0.5) is 19.1 Å². The van der Waals surface area contributed by atoms with Crippen LogP contribution in [0.3, 0.4) is 0 Å². The molecule has 1 aromatic carbocycles. The molecule has 0 aliphatic carbocycles. The number of likely N-dealkylation sites (N-methyl/N-ethyl adjacent to an activating group) is 1. The molecule has 8 heteroatoms. The first-order chi connectivity index (χ1) is 11.3. The van der Waals surface area contributed by atoms with Gasteiger partial charge in [-0.2, -0.15) is 13.2 Å². The largest absolute Gasteiger partial charge is 0.433 e. The van der Waals surface area contributed by atoms with Crippen molar-refractivity contribution in [2.24, 2.45) is 0 Å². The van der Waals surface area contributed by atoms with Crippen molar-refractivity contribution >= 4 is 5.95 Å². The fourth-order valence-corrected chi connectivity index (χ4v) is 2.86. The summed E-state index contributed by atoms with van der Waals surface area (Å²) in [5.74, 6) is -0.0446. The summed E-state index contributed by atoms with van der Waals surface area (Å²) in [5.41, 5.74) is -1.02. The number of aromatic amines is 1. The van der Waals surface area contributed by atoms with E-state index >= 15 is 0 Å². The smallest absolute Gasteiger partial charge is 0.333 e. The Labute approximate surface area is 136 Å². The number of piperazine rings is 1. The zero-order valence-corrected chi connectivity index (χ0v) is 13.0. The topological polar surface area (TPSA) is 52.2 Å². The lowest BCUT2D eigenvalue weighted by molar-refractivity contribution is -0.141. The van der Waals surface area contributed by atoms with E-state index < -0.39 is 17.4 Å². The molecule has 2 heterocycles. The van der Waals surface area contributed by atoms with Crippen molar-refractivity contribution in [3.63, 3.8) is 0 Å². The molecule has 1 unspecified atom stereocenters. The highest BCUT2D eigenvalue weighted by atomic mass is 19.4. The SMILES string of the molecule is CN1CCN(c2nc(C(F)(F)F)cc(=O)[nH]2)C(c2ccccc2)C1. The predicted molar refractivity (Wildman–Crippen MR) is 83.9 cm³/mol. The van der Waals surface area contributed by atoms with Crippen LogP contribution in [0.15, 0.2) is 41.2 Å². The van der Waals surface area contributed by atoms with Crippen LogP contribution in [0.2, 0.25) is 0 Å². The van der Waals surface area contributed by atoms with Crippen LogP contribution in [-0.4, -0.2) is 41.5 Å². The van der Waals surface area contributed by atoms with Gasteiger partial charge in [0.05, 0.1) is 6.04 Å². The van der Waals surface area contributed by atoms with E-state index in [4.69, 9.17) is 0 Å². The molecule has 5 nitrogen and oxygen atoms in total. The molecule has 1 aromatic heterocycles. The summed E-state index contributed by atoms with van der Waals surface area (Å²) in [4.78, 5) is 21.6. The minimum Gasteiger partial charge on any atom is -0.333 e. The third-order valence-corrected chi connectivity index (χ3v) is 4.06. The number of alkyl halides is 3. The lowest BCUT2D eigenvalue weighted by Gasteiger charge is -2.40. The zero-order valence-electron chi connectivity index (χ0n) is 13.0. The number of nitrogens with one attached hydrogen (secondary N) is 1. The fraction of sp³-hybridized carbons (Fsp3) is 0.375. The normalized spacial score (nSPS) is 19.5. The van der Waals surface area contributed by atoms with Crippen molar-refractivity contribution < 1.29 is 13.2 Å². The molecule has 1 aliphatic rings. The van der Waals surface area contributed by atoms with Crippen molar-refractivity contribution in [3.05, 3.63) is 58.0 Å². The highest BCUT2D eigenvalue weighted by Gasteiger charge is 2.35. The third-order valence-electron chi connectivity index (χ3n) is 4.06. The molecule has 24 heavy (non-hydrogen) atoms. The van der Waals surface area contributed by atoms with E-state index in [0.29, 0.717) is 25.7 Å². The van der Waals surface area contributed by atoms with Crippen molar-refractivity contribution in [1.82, 2.24) is 14.9 Å². The summed E-state index contributed by atoms with van der Waals surface area (Å²) >= 11 is 0. The van der Waals surface area contributed by atoms with Gasteiger partial charge in [-0.15, -0.1) is 0 Å². The molecule has 1 aliphatic heterocycles. The van der Waals surface area contributed by atoms with Gasteiger partial charge in [-0.1, -0.05) is 30.3 Å². The average molecular weight is 338 g/mol. The fourth-order valence-electron chi connectivity index (χ4n) is 2.86. The molecule has 0 spiro atoms. The van der Waals surface area contributed by atoms with E-state index in [1.807, 2.05) is 37.4 Å². The number of nitrogens with zero attached hydrogens (tertiary/aromatic N) is 3. The van der Waals surface area contributed by atoms with E-state index in [0.717, 1.165) is 5.56 Å². The Morgan fingerprint density at radius 1 is 1.21 bits per heavy atom. The second kappa shape index (κ2) is 6.27. The Kier molecular flexibility index (Phi) is 4.31. The molecule has 2 aromatic rings. The Hall–Kier alpha value is -2.35. The van der Waals surface area contributed by atoms with E-state index in [2.05, 4.69) is 14.9 Å². The van der Waals surface area contributed by atoms with Crippen LogP contribution in [0.25, 0.3) is 0 Å². The van der Waals surface area contributed by atoms with Crippen LogP contribution in [-0.2, 0) is 6.18 Å². The maximum absolute atomic E-state index is 13.0. The molecule has 0 bridgehead atoms. The standard InChI is InChI=1S/C16H17F3N4O/c1-22-7-8-23(12(10-22)11-5-3-2-4-6-11)15-20-13(16(17,18)19)9-14(24)21-15/h2-6,9,12H,7-8,10H2,1H3,(H,20,21,24). The second-order valence-electron chi connectivity index (χ2n) is 5.83. The van der Waals surface area contributed by atoms with Crippen molar-refractivity contribution in [2.45, 2.75) is 12.2 Å². The number of hydrogen-bond donors (Lipinski definition) is 1. The Balaban J connectivity index is 2.03.